The molecule has 294 valence electrons. The Hall–Kier alpha value is -4.00. The lowest BCUT2D eigenvalue weighted by molar-refractivity contribution is -0.143. The second kappa shape index (κ2) is 18.1. The van der Waals surface area contributed by atoms with Gasteiger partial charge in [0.1, 0.15) is 33.9 Å². The molecule has 4 heterocycles. The van der Waals surface area contributed by atoms with E-state index >= 15 is 0 Å². The van der Waals surface area contributed by atoms with E-state index in [0.29, 0.717) is 24.4 Å². The number of amides is 6. The van der Waals surface area contributed by atoms with Crippen molar-refractivity contribution in [3.8, 4) is 0 Å². The Morgan fingerprint density at radius 2 is 1.67 bits per heavy atom. The average Bonchev–Trinajstić information content (AvgIpc) is 3.94. The zero-order valence-corrected chi connectivity index (χ0v) is 33.3. The Balaban J connectivity index is 1.44. The Morgan fingerprint density at radius 3 is 2.33 bits per heavy atom. The highest BCUT2D eigenvalue weighted by Crippen LogP contribution is 2.29. The molecule has 1 aromatic heterocycles. The molecular weight excluding hydrogens is 755 g/mol. The van der Waals surface area contributed by atoms with E-state index in [4.69, 9.17) is 0 Å². The molecule has 0 saturated carbocycles. The van der Waals surface area contributed by atoms with Gasteiger partial charge in [0.25, 0.3) is 5.91 Å². The summed E-state index contributed by atoms with van der Waals surface area (Å²) >= 11 is 2.48. The summed E-state index contributed by atoms with van der Waals surface area (Å²) in [6.07, 6.45) is 3.40. The van der Waals surface area contributed by atoms with Gasteiger partial charge in [-0.3, -0.25) is 28.8 Å². The van der Waals surface area contributed by atoms with Gasteiger partial charge in [-0.15, -0.1) is 11.3 Å². The van der Waals surface area contributed by atoms with Crippen molar-refractivity contribution in [1.82, 2.24) is 35.8 Å². The number of carbonyl (C=O) groups excluding carboxylic acids is 6. The van der Waals surface area contributed by atoms with Gasteiger partial charge < -0.3 is 31.5 Å². The van der Waals surface area contributed by atoms with Gasteiger partial charge in [-0.05, 0) is 67.5 Å². The van der Waals surface area contributed by atoms with Crippen LogP contribution in [0.3, 0.4) is 0 Å². The van der Waals surface area contributed by atoms with Crippen LogP contribution in [0.15, 0.2) is 46.7 Å². The summed E-state index contributed by atoms with van der Waals surface area (Å²) in [5.41, 5.74) is 0.652. The van der Waals surface area contributed by atoms with Crippen molar-refractivity contribution in [2.45, 2.75) is 94.0 Å². The minimum Gasteiger partial charge on any atom is -0.347 e. The van der Waals surface area contributed by atoms with Crippen LogP contribution in [0.4, 0.5) is 0 Å². The molecular formula is C36H49N7O8S3. The molecule has 6 amide bonds. The Labute approximate surface area is 324 Å². The first-order valence-electron chi connectivity index (χ1n) is 18.1. The predicted octanol–water partition coefficient (Wildman–Crippen LogP) is 1.38. The first-order valence-corrected chi connectivity index (χ1v) is 21.9. The van der Waals surface area contributed by atoms with Gasteiger partial charge in [-0.2, -0.15) is 16.1 Å². The highest BCUT2D eigenvalue weighted by molar-refractivity contribution is 7.98. The molecule has 2 aromatic rings. The standard InChI is InChI=1S/C36H49N7O8S3/c1-21(2)30-36(49)43-20-24(38-35(48)31-28(13-17-53-31)54(50,51)42-14-8-9-15-42)18-27(43)34(47)37-22(3)32(45)40-26(23-10-6-5-7-11-23)19-29(44)39-25(12-16-52-4)33(46)41-30/h5-7,10-11,13,17,21-22,24-27,30H,8-9,12,14-16,18-20H2,1-4H3,(H,37,47)(H,38,48)(H,39,44)(H,40,45)(H,41,46)/t22-,24-,25-,26-,27-,30-/m0/s1. The van der Waals surface area contributed by atoms with E-state index in [1.165, 1.54) is 39.3 Å². The second-order valence-corrected chi connectivity index (χ2v) is 18.0. The van der Waals surface area contributed by atoms with Crippen molar-refractivity contribution in [2.24, 2.45) is 5.92 Å². The third kappa shape index (κ3) is 9.62. The number of sulfonamides is 1. The minimum absolute atomic E-state index is 0.00196. The van der Waals surface area contributed by atoms with Gasteiger partial charge in [0, 0.05) is 25.7 Å². The van der Waals surface area contributed by atoms with Gasteiger partial charge >= 0.3 is 0 Å². The highest BCUT2D eigenvalue weighted by atomic mass is 32.2. The number of thioether (sulfide) groups is 1. The number of fused-ring (bicyclic) bond motifs is 1. The molecule has 6 atom stereocenters. The molecule has 0 unspecified atom stereocenters. The maximum absolute atomic E-state index is 14.3. The third-order valence-electron chi connectivity index (χ3n) is 9.89. The number of carbonyl (C=O) groups is 6. The second-order valence-electron chi connectivity index (χ2n) is 14.2. The van der Waals surface area contributed by atoms with Crippen LogP contribution in [0.1, 0.15) is 74.2 Å². The van der Waals surface area contributed by atoms with Gasteiger partial charge in [0.05, 0.1) is 12.5 Å². The van der Waals surface area contributed by atoms with E-state index in [1.54, 1.807) is 44.2 Å². The summed E-state index contributed by atoms with van der Waals surface area (Å²) in [5, 5.41) is 15.6. The lowest BCUT2D eigenvalue weighted by Gasteiger charge is -2.32. The molecule has 3 aliphatic heterocycles. The van der Waals surface area contributed by atoms with E-state index in [1.807, 2.05) is 6.26 Å². The molecule has 0 radical (unpaired) electrons. The number of benzene rings is 1. The van der Waals surface area contributed by atoms with Crippen molar-refractivity contribution in [3.63, 3.8) is 0 Å². The van der Waals surface area contributed by atoms with E-state index in [0.717, 1.165) is 24.2 Å². The molecule has 1 aromatic carbocycles. The molecule has 3 saturated heterocycles. The summed E-state index contributed by atoms with van der Waals surface area (Å²) < 4.78 is 28.1. The SMILES string of the molecule is CSCC[C@@H]1NC(=O)C[C@@H](c2ccccc2)NC(=O)[C@H](C)NC(=O)[C@@H]2C[C@H](NC(=O)c3sccc3S(=O)(=O)N3CCCC3)CN2C(=O)[C@H](C(C)C)NC1=O. The molecule has 54 heavy (non-hydrogen) atoms. The van der Waals surface area contributed by atoms with Crippen LogP contribution in [-0.4, -0.2) is 115 Å². The first-order chi connectivity index (χ1) is 25.7. The van der Waals surface area contributed by atoms with Crippen LogP contribution < -0.4 is 26.6 Å². The van der Waals surface area contributed by atoms with Crippen LogP contribution in [0.25, 0.3) is 0 Å². The van der Waals surface area contributed by atoms with Crippen molar-refractivity contribution in [2.75, 3.05) is 31.6 Å². The van der Waals surface area contributed by atoms with E-state index in [2.05, 4.69) is 26.6 Å². The minimum atomic E-state index is -3.90. The maximum atomic E-state index is 14.3. The fraction of sp³-hybridized carbons (Fsp3) is 0.556. The molecule has 0 bridgehead atoms. The third-order valence-corrected chi connectivity index (χ3v) is 13.5. The van der Waals surface area contributed by atoms with Crippen molar-refractivity contribution in [1.29, 1.82) is 0 Å². The fourth-order valence-electron chi connectivity index (χ4n) is 6.92. The molecule has 3 fully saturated rings. The molecule has 5 rings (SSSR count). The number of rotatable bonds is 9. The number of hydrogen-bond donors (Lipinski definition) is 5. The van der Waals surface area contributed by atoms with E-state index in [-0.39, 0.29) is 35.6 Å². The average molecular weight is 804 g/mol. The summed E-state index contributed by atoms with van der Waals surface area (Å²) in [6, 6.07) is 4.44. The smallest absolute Gasteiger partial charge is 0.263 e. The van der Waals surface area contributed by atoms with Gasteiger partial charge in [-0.1, -0.05) is 44.2 Å². The summed E-state index contributed by atoms with van der Waals surface area (Å²) in [5.74, 6) is -3.40. The first kappa shape index (κ1) is 41.2. The van der Waals surface area contributed by atoms with Crippen LogP contribution in [0.2, 0.25) is 0 Å². The molecule has 15 nitrogen and oxygen atoms in total. The van der Waals surface area contributed by atoms with Crippen LogP contribution in [0, 0.1) is 5.92 Å². The fourth-order valence-corrected chi connectivity index (χ4v) is 10.2. The maximum Gasteiger partial charge on any atom is 0.263 e. The highest BCUT2D eigenvalue weighted by Gasteiger charge is 2.45. The number of hydrogen-bond acceptors (Lipinski definition) is 10. The van der Waals surface area contributed by atoms with Crippen LogP contribution in [0.5, 0.6) is 0 Å². The van der Waals surface area contributed by atoms with Crippen LogP contribution in [-0.2, 0) is 34.0 Å². The lowest BCUT2D eigenvalue weighted by Crippen LogP contribution is -2.59. The van der Waals surface area contributed by atoms with E-state index in [9.17, 15) is 37.2 Å². The summed E-state index contributed by atoms with van der Waals surface area (Å²) in [7, 11) is -3.90. The normalized spacial score (nSPS) is 26.5. The zero-order valence-electron chi connectivity index (χ0n) is 30.8. The molecule has 5 N–H and O–H groups in total. The monoisotopic (exact) mass is 803 g/mol. The zero-order chi connectivity index (χ0) is 39.2. The van der Waals surface area contributed by atoms with Gasteiger partial charge in [-0.25, -0.2) is 8.42 Å². The van der Waals surface area contributed by atoms with Gasteiger partial charge in [0.15, 0.2) is 0 Å². The Kier molecular flexibility index (Phi) is 13.8. The molecule has 0 aliphatic carbocycles. The van der Waals surface area contributed by atoms with Crippen LogP contribution >= 0.6 is 23.1 Å². The topological polar surface area (TPSA) is 203 Å². The van der Waals surface area contributed by atoms with Crippen molar-refractivity contribution >= 4 is 68.6 Å². The summed E-state index contributed by atoms with van der Waals surface area (Å²) in [6.45, 7) is 5.61. The number of nitrogens with zero attached hydrogens (tertiary/aromatic N) is 2. The molecule has 18 heteroatoms. The largest absolute Gasteiger partial charge is 0.347 e. The van der Waals surface area contributed by atoms with E-state index < -0.39 is 87.6 Å². The number of nitrogens with one attached hydrogen (secondary N) is 5. The molecule has 0 spiro atoms. The Bertz CT molecular complexity index is 1820. The van der Waals surface area contributed by atoms with Crippen molar-refractivity contribution in [3.05, 3.63) is 52.2 Å². The predicted molar refractivity (Wildman–Crippen MR) is 205 cm³/mol. The number of thiophene rings is 1. The quantitative estimate of drug-likeness (QED) is 0.248. The lowest BCUT2D eigenvalue weighted by atomic mass is 10.0. The Morgan fingerprint density at radius 1 is 0.963 bits per heavy atom. The van der Waals surface area contributed by atoms with Gasteiger partial charge in [0.2, 0.25) is 39.6 Å². The summed E-state index contributed by atoms with van der Waals surface area (Å²) in [4.78, 5) is 83.9. The molecule has 3 aliphatic rings. The van der Waals surface area contributed by atoms with Crippen molar-refractivity contribution < 1.29 is 37.2 Å².